The minimum absolute atomic E-state index is 0.392. The van der Waals surface area contributed by atoms with Crippen molar-refractivity contribution in [2.75, 3.05) is 20.3 Å². The lowest BCUT2D eigenvalue weighted by Crippen LogP contribution is -2.20. The maximum Gasteiger partial charge on any atom is 0.0474 e. The molecular formula is C13H20BrNO. The third kappa shape index (κ3) is 4.24. The van der Waals surface area contributed by atoms with Crippen LogP contribution in [0.5, 0.6) is 0 Å². The first-order chi connectivity index (χ1) is 7.65. The molecule has 0 saturated heterocycles. The highest BCUT2D eigenvalue weighted by molar-refractivity contribution is 9.10. The maximum absolute atomic E-state index is 5.02. The Morgan fingerprint density at radius 3 is 2.81 bits per heavy atom. The Balaban J connectivity index is 2.46. The van der Waals surface area contributed by atoms with Crippen molar-refractivity contribution >= 4 is 15.9 Å². The van der Waals surface area contributed by atoms with Gasteiger partial charge in [-0.2, -0.15) is 0 Å². The molecular weight excluding hydrogens is 266 g/mol. The van der Waals surface area contributed by atoms with Crippen LogP contribution in [0.3, 0.4) is 0 Å². The van der Waals surface area contributed by atoms with E-state index in [2.05, 4.69) is 53.3 Å². The Hall–Kier alpha value is -0.380. The molecule has 0 aliphatic rings. The molecule has 0 aromatic heterocycles. The molecule has 0 spiro atoms. The molecule has 2 nitrogen and oxygen atoms in total. The molecule has 1 rings (SSSR count). The third-order valence-electron chi connectivity index (χ3n) is 2.66. The van der Waals surface area contributed by atoms with Gasteiger partial charge in [-0.15, -0.1) is 0 Å². The van der Waals surface area contributed by atoms with Gasteiger partial charge in [0.05, 0.1) is 0 Å². The third-order valence-corrected chi connectivity index (χ3v) is 3.55. The Morgan fingerprint density at radius 1 is 1.44 bits per heavy atom. The van der Waals surface area contributed by atoms with Gasteiger partial charge in [-0.3, -0.25) is 0 Å². The predicted molar refractivity (Wildman–Crippen MR) is 71.8 cm³/mol. The van der Waals surface area contributed by atoms with Gasteiger partial charge >= 0.3 is 0 Å². The van der Waals surface area contributed by atoms with E-state index in [0.29, 0.717) is 6.04 Å². The highest BCUT2D eigenvalue weighted by Crippen LogP contribution is 2.20. The zero-order valence-corrected chi connectivity index (χ0v) is 11.8. The minimum Gasteiger partial charge on any atom is -0.385 e. The SMILES string of the molecule is COCCCNC(C)c1ccc(Br)c(C)c1. The highest BCUT2D eigenvalue weighted by atomic mass is 79.9. The van der Waals surface area contributed by atoms with E-state index in [-0.39, 0.29) is 0 Å². The first-order valence-corrected chi connectivity index (χ1v) is 6.43. The minimum atomic E-state index is 0.392. The van der Waals surface area contributed by atoms with Crippen LogP contribution in [0.1, 0.15) is 30.5 Å². The van der Waals surface area contributed by atoms with Gasteiger partial charge in [0, 0.05) is 24.2 Å². The number of aryl methyl sites for hydroxylation is 1. The average molecular weight is 286 g/mol. The summed E-state index contributed by atoms with van der Waals surface area (Å²) >= 11 is 3.51. The van der Waals surface area contributed by atoms with Crippen molar-refractivity contribution in [3.05, 3.63) is 33.8 Å². The zero-order valence-electron chi connectivity index (χ0n) is 10.2. The molecule has 90 valence electrons. The van der Waals surface area contributed by atoms with Crippen LogP contribution in [0.25, 0.3) is 0 Å². The van der Waals surface area contributed by atoms with E-state index in [4.69, 9.17) is 4.74 Å². The fourth-order valence-electron chi connectivity index (χ4n) is 1.59. The molecule has 0 saturated carbocycles. The molecule has 0 heterocycles. The van der Waals surface area contributed by atoms with Gasteiger partial charge in [0.25, 0.3) is 0 Å². The largest absolute Gasteiger partial charge is 0.385 e. The van der Waals surface area contributed by atoms with E-state index >= 15 is 0 Å². The van der Waals surface area contributed by atoms with Crippen molar-refractivity contribution in [2.45, 2.75) is 26.3 Å². The van der Waals surface area contributed by atoms with Crippen LogP contribution in [-0.2, 0) is 4.74 Å². The molecule has 0 aliphatic heterocycles. The van der Waals surface area contributed by atoms with Crippen LogP contribution < -0.4 is 5.32 Å². The van der Waals surface area contributed by atoms with Gasteiger partial charge in [0.1, 0.15) is 0 Å². The molecule has 1 atom stereocenters. The Bertz CT molecular complexity index is 328. The highest BCUT2D eigenvalue weighted by Gasteiger charge is 2.05. The van der Waals surface area contributed by atoms with E-state index in [1.165, 1.54) is 15.6 Å². The van der Waals surface area contributed by atoms with Crippen molar-refractivity contribution < 1.29 is 4.74 Å². The maximum atomic E-state index is 5.02. The summed E-state index contributed by atoms with van der Waals surface area (Å²) in [5, 5.41) is 3.49. The first kappa shape index (κ1) is 13.7. The topological polar surface area (TPSA) is 21.3 Å². The van der Waals surface area contributed by atoms with Crippen LogP contribution in [0.4, 0.5) is 0 Å². The fourth-order valence-corrected chi connectivity index (χ4v) is 1.84. The molecule has 1 aromatic rings. The number of rotatable bonds is 6. The van der Waals surface area contributed by atoms with Gasteiger partial charge in [-0.05, 0) is 44.0 Å². The second kappa shape index (κ2) is 7.05. The number of methoxy groups -OCH3 is 1. The summed E-state index contributed by atoms with van der Waals surface area (Å²) < 4.78 is 6.19. The van der Waals surface area contributed by atoms with Gasteiger partial charge in [0.15, 0.2) is 0 Å². The van der Waals surface area contributed by atoms with E-state index in [0.717, 1.165) is 19.6 Å². The standard InChI is InChI=1S/C13H20BrNO/c1-10-9-12(5-6-13(10)14)11(2)15-7-4-8-16-3/h5-6,9,11,15H,4,7-8H2,1-3H3. The Labute approximate surface area is 107 Å². The lowest BCUT2D eigenvalue weighted by Gasteiger charge is -2.15. The summed E-state index contributed by atoms with van der Waals surface area (Å²) in [4.78, 5) is 0. The number of ether oxygens (including phenoxy) is 1. The zero-order chi connectivity index (χ0) is 12.0. The van der Waals surface area contributed by atoms with Crippen LogP contribution in [0.15, 0.2) is 22.7 Å². The van der Waals surface area contributed by atoms with E-state index in [9.17, 15) is 0 Å². The summed E-state index contributed by atoms with van der Waals surface area (Å²) in [5.74, 6) is 0. The summed E-state index contributed by atoms with van der Waals surface area (Å²) in [6, 6.07) is 6.88. The Morgan fingerprint density at radius 2 is 2.19 bits per heavy atom. The fraction of sp³-hybridized carbons (Fsp3) is 0.538. The normalized spacial score (nSPS) is 12.8. The summed E-state index contributed by atoms with van der Waals surface area (Å²) in [7, 11) is 1.74. The molecule has 1 N–H and O–H groups in total. The smallest absolute Gasteiger partial charge is 0.0474 e. The summed E-state index contributed by atoms with van der Waals surface area (Å²) in [6.45, 7) is 6.11. The molecule has 1 aromatic carbocycles. The van der Waals surface area contributed by atoms with Gasteiger partial charge in [-0.1, -0.05) is 28.1 Å². The Kier molecular flexibility index (Phi) is 6.03. The lowest BCUT2D eigenvalue weighted by atomic mass is 10.1. The van der Waals surface area contributed by atoms with Crippen molar-refractivity contribution in [1.82, 2.24) is 5.32 Å². The average Bonchev–Trinajstić information content (AvgIpc) is 2.28. The molecule has 3 heteroatoms. The van der Waals surface area contributed by atoms with E-state index in [1.807, 2.05) is 0 Å². The van der Waals surface area contributed by atoms with Crippen LogP contribution in [-0.4, -0.2) is 20.3 Å². The van der Waals surface area contributed by atoms with Gasteiger partial charge < -0.3 is 10.1 Å². The van der Waals surface area contributed by atoms with Gasteiger partial charge in [0.2, 0.25) is 0 Å². The molecule has 16 heavy (non-hydrogen) atoms. The molecule has 0 aliphatic carbocycles. The lowest BCUT2D eigenvalue weighted by molar-refractivity contribution is 0.193. The van der Waals surface area contributed by atoms with Gasteiger partial charge in [-0.25, -0.2) is 0 Å². The van der Waals surface area contributed by atoms with E-state index in [1.54, 1.807) is 7.11 Å². The number of benzene rings is 1. The number of nitrogens with one attached hydrogen (secondary N) is 1. The summed E-state index contributed by atoms with van der Waals surface area (Å²) in [5.41, 5.74) is 2.61. The quantitative estimate of drug-likeness (QED) is 0.809. The van der Waals surface area contributed by atoms with Crippen molar-refractivity contribution in [2.24, 2.45) is 0 Å². The number of halogens is 1. The first-order valence-electron chi connectivity index (χ1n) is 5.63. The monoisotopic (exact) mass is 285 g/mol. The molecule has 0 radical (unpaired) electrons. The second-order valence-electron chi connectivity index (χ2n) is 4.03. The molecule has 1 unspecified atom stereocenters. The van der Waals surface area contributed by atoms with Crippen molar-refractivity contribution in [3.8, 4) is 0 Å². The molecule has 0 fully saturated rings. The predicted octanol–water partition coefficient (Wildman–Crippen LogP) is 3.44. The van der Waals surface area contributed by atoms with Crippen LogP contribution >= 0.6 is 15.9 Å². The second-order valence-corrected chi connectivity index (χ2v) is 4.89. The summed E-state index contributed by atoms with van der Waals surface area (Å²) in [6.07, 6.45) is 1.05. The van der Waals surface area contributed by atoms with Crippen molar-refractivity contribution in [1.29, 1.82) is 0 Å². The number of hydrogen-bond acceptors (Lipinski definition) is 2. The van der Waals surface area contributed by atoms with Crippen molar-refractivity contribution in [3.63, 3.8) is 0 Å². The molecule has 0 amide bonds. The molecule has 0 bridgehead atoms. The van der Waals surface area contributed by atoms with Crippen LogP contribution in [0, 0.1) is 6.92 Å². The number of hydrogen-bond donors (Lipinski definition) is 1. The van der Waals surface area contributed by atoms with E-state index < -0.39 is 0 Å². The van der Waals surface area contributed by atoms with Crippen LogP contribution in [0.2, 0.25) is 0 Å².